The van der Waals surface area contributed by atoms with Gasteiger partial charge in [-0.1, -0.05) is 106 Å². The number of amidine groups is 1. The second-order valence-corrected chi connectivity index (χ2v) is 11.6. The molecule has 0 saturated carbocycles. The molecule has 0 unspecified atom stereocenters. The molecule has 2 atom stereocenters. The Morgan fingerprint density at radius 2 is 1.51 bits per heavy atom. The van der Waals surface area contributed by atoms with E-state index in [0.29, 0.717) is 11.4 Å². The number of nitrogens with zero attached hydrogens (tertiary/aromatic N) is 2. The van der Waals surface area contributed by atoms with Crippen LogP contribution in [0.1, 0.15) is 33.1 Å². The summed E-state index contributed by atoms with van der Waals surface area (Å²) in [6.07, 6.45) is 0.275. The van der Waals surface area contributed by atoms with Crippen LogP contribution in [0.2, 0.25) is 0 Å². The highest BCUT2D eigenvalue weighted by Gasteiger charge is 2.55. The van der Waals surface area contributed by atoms with Crippen molar-refractivity contribution in [3.8, 4) is 0 Å². The average Bonchev–Trinajstić information content (AvgIpc) is 3.65. The molecule has 0 amide bonds. The van der Waals surface area contributed by atoms with Crippen molar-refractivity contribution in [3.05, 3.63) is 136 Å². The second-order valence-electron chi connectivity index (χ2n) is 9.04. The molecule has 0 N–H and O–H groups in total. The van der Waals surface area contributed by atoms with Gasteiger partial charge in [-0.2, -0.15) is 8.42 Å². The van der Waals surface area contributed by atoms with Crippen LogP contribution in [0.15, 0.2) is 123 Å². The molecule has 0 radical (unpaired) electrons. The van der Waals surface area contributed by atoms with Gasteiger partial charge in [-0.15, -0.1) is 4.40 Å². The van der Waals surface area contributed by atoms with Crippen molar-refractivity contribution in [1.29, 1.82) is 0 Å². The lowest BCUT2D eigenvalue weighted by Crippen LogP contribution is -2.22. The molecule has 0 spiro atoms. The van der Waals surface area contributed by atoms with Gasteiger partial charge in [-0.25, -0.2) is 0 Å². The molecular formula is C30H25BrN2O3S. The summed E-state index contributed by atoms with van der Waals surface area (Å²) < 4.78 is 32.0. The van der Waals surface area contributed by atoms with Crippen molar-refractivity contribution in [2.24, 2.45) is 4.40 Å². The molecule has 5 rings (SSSR count). The maximum absolute atomic E-state index is 13.7. The van der Waals surface area contributed by atoms with Crippen LogP contribution in [-0.2, 0) is 16.4 Å². The zero-order valence-electron chi connectivity index (χ0n) is 20.2. The maximum Gasteiger partial charge on any atom is 0.283 e. The van der Waals surface area contributed by atoms with Crippen LogP contribution in [0, 0.1) is 6.92 Å². The highest BCUT2D eigenvalue weighted by Crippen LogP contribution is 2.46. The van der Waals surface area contributed by atoms with E-state index in [9.17, 15) is 13.2 Å². The van der Waals surface area contributed by atoms with Crippen molar-refractivity contribution >= 4 is 37.6 Å². The molecule has 37 heavy (non-hydrogen) atoms. The maximum atomic E-state index is 13.7. The van der Waals surface area contributed by atoms with Gasteiger partial charge in [0.2, 0.25) is 0 Å². The predicted molar refractivity (Wildman–Crippen MR) is 149 cm³/mol. The molecule has 0 bridgehead atoms. The minimum Gasteiger partial charge on any atom is -0.337 e. The number of benzene rings is 4. The number of hydrogen-bond donors (Lipinski definition) is 0. The summed E-state index contributed by atoms with van der Waals surface area (Å²) in [5.41, 5.74) is 3.36. The first-order valence-electron chi connectivity index (χ1n) is 11.9. The summed E-state index contributed by atoms with van der Waals surface area (Å²) in [5, 5.41) is 0. The van der Waals surface area contributed by atoms with E-state index in [1.165, 1.54) is 0 Å². The fourth-order valence-electron chi connectivity index (χ4n) is 4.48. The molecule has 186 valence electrons. The Kier molecular flexibility index (Phi) is 7.09. The summed E-state index contributed by atoms with van der Waals surface area (Å²) in [5.74, 6) is 0.262. The normalized spacial score (nSPS) is 17.5. The molecule has 5 nitrogen and oxygen atoms in total. The first kappa shape index (κ1) is 25.1. The van der Waals surface area contributed by atoms with Crippen molar-refractivity contribution in [1.82, 2.24) is 4.90 Å². The lowest BCUT2D eigenvalue weighted by atomic mass is 10.0. The number of carbonyl (C=O) groups is 1. The van der Waals surface area contributed by atoms with Crippen LogP contribution in [0.25, 0.3) is 0 Å². The molecular weight excluding hydrogens is 548 g/mol. The van der Waals surface area contributed by atoms with Crippen LogP contribution < -0.4 is 0 Å². The fraction of sp³-hybridized carbons (Fsp3) is 0.133. The van der Waals surface area contributed by atoms with E-state index >= 15 is 0 Å². The molecule has 4 aromatic carbocycles. The summed E-state index contributed by atoms with van der Waals surface area (Å²) in [7, 11) is -4.00. The van der Waals surface area contributed by atoms with Crippen molar-refractivity contribution in [3.63, 3.8) is 0 Å². The van der Waals surface area contributed by atoms with Gasteiger partial charge in [0.15, 0.2) is 5.78 Å². The van der Waals surface area contributed by atoms with Gasteiger partial charge >= 0.3 is 0 Å². The van der Waals surface area contributed by atoms with Gasteiger partial charge in [0, 0.05) is 16.5 Å². The van der Waals surface area contributed by atoms with Gasteiger partial charge in [-0.3, -0.25) is 4.79 Å². The summed E-state index contributed by atoms with van der Waals surface area (Å²) in [6.45, 7) is 1.90. The van der Waals surface area contributed by atoms with E-state index in [-0.39, 0.29) is 23.1 Å². The molecule has 7 heteroatoms. The van der Waals surface area contributed by atoms with Crippen LogP contribution in [-0.4, -0.2) is 31.0 Å². The number of halogens is 1. The van der Waals surface area contributed by atoms with Crippen LogP contribution in [0.4, 0.5) is 0 Å². The third-order valence-electron chi connectivity index (χ3n) is 6.38. The van der Waals surface area contributed by atoms with Crippen molar-refractivity contribution in [2.75, 3.05) is 0 Å². The lowest BCUT2D eigenvalue weighted by molar-refractivity contribution is 0.0980. The molecule has 1 aliphatic rings. The summed E-state index contributed by atoms with van der Waals surface area (Å²) >= 11 is 3.45. The van der Waals surface area contributed by atoms with Gasteiger partial charge < -0.3 is 4.90 Å². The van der Waals surface area contributed by atoms with Crippen LogP contribution in [0.5, 0.6) is 0 Å². The third-order valence-corrected chi connectivity index (χ3v) is 8.19. The first-order chi connectivity index (χ1) is 17.8. The Labute approximate surface area is 225 Å². The quantitative estimate of drug-likeness (QED) is 0.111. The van der Waals surface area contributed by atoms with Gasteiger partial charge in [-0.05, 0) is 42.3 Å². The van der Waals surface area contributed by atoms with E-state index < -0.39 is 16.1 Å². The number of aryl methyl sites for hydroxylation is 1. The largest absolute Gasteiger partial charge is 0.337 e. The number of ketones is 1. The SMILES string of the molecule is Cc1ccc(S(=O)(=O)/N=C(\Cc2ccccc2)N2[C@H](C(=O)c3cccc(Br)c3)[C@H]2c2ccccc2)cc1. The minimum absolute atomic E-state index is 0.0800. The van der Waals surface area contributed by atoms with E-state index in [0.717, 1.165) is 21.2 Å². The first-order valence-corrected chi connectivity index (χ1v) is 14.1. The van der Waals surface area contributed by atoms with Crippen LogP contribution in [0.3, 0.4) is 0 Å². The lowest BCUT2D eigenvalue weighted by Gasteiger charge is -2.12. The molecule has 0 aromatic heterocycles. The monoisotopic (exact) mass is 572 g/mol. The van der Waals surface area contributed by atoms with E-state index in [1.807, 2.05) is 84.6 Å². The summed E-state index contributed by atoms with van der Waals surface area (Å²) in [4.78, 5) is 15.7. The Morgan fingerprint density at radius 1 is 0.865 bits per heavy atom. The number of hydrogen-bond acceptors (Lipinski definition) is 3. The van der Waals surface area contributed by atoms with E-state index in [2.05, 4.69) is 20.3 Å². The molecule has 1 heterocycles. The molecule has 1 fully saturated rings. The number of sulfonamides is 1. The minimum atomic E-state index is -4.00. The molecule has 0 aliphatic carbocycles. The molecule has 1 saturated heterocycles. The number of carbonyl (C=O) groups excluding carboxylic acids is 1. The zero-order chi connectivity index (χ0) is 26.0. The van der Waals surface area contributed by atoms with Crippen LogP contribution >= 0.6 is 15.9 Å². The van der Waals surface area contributed by atoms with Gasteiger partial charge in [0.25, 0.3) is 10.0 Å². The Hall–Kier alpha value is -3.55. The third kappa shape index (κ3) is 5.58. The van der Waals surface area contributed by atoms with E-state index in [4.69, 9.17) is 0 Å². The van der Waals surface area contributed by atoms with Crippen molar-refractivity contribution in [2.45, 2.75) is 30.3 Å². The smallest absolute Gasteiger partial charge is 0.283 e. The Bertz CT molecular complexity index is 1550. The highest BCUT2D eigenvalue weighted by atomic mass is 79.9. The Balaban J connectivity index is 1.60. The fourth-order valence-corrected chi connectivity index (χ4v) is 5.90. The predicted octanol–water partition coefficient (Wildman–Crippen LogP) is 6.40. The Morgan fingerprint density at radius 3 is 2.16 bits per heavy atom. The van der Waals surface area contributed by atoms with Gasteiger partial charge in [0.1, 0.15) is 11.9 Å². The molecule has 1 aliphatic heterocycles. The molecule has 4 aromatic rings. The summed E-state index contributed by atoms with van der Waals surface area (Å²) in [6, 6.07) is 32.3. The standard InChI is InChI=1S/C30H25BrN2O3S/c1-21-15-17-26(18-16-21)37(35,36)32-27(19-22-9-4-2-5-10-22)33-28(23-11-6-3-7-12-23)29(33)30(34)24-13-8-14-25(31)20-24/h2-18,20,28-29H,19H2,1H3/b32-27+/t28-,29+,33?/m1/s1. The topological polar surface area (TPSA) is 66.6 Å². The highest BCUT2D eigenvalue weighted by molar-refractivity contribution is 9.10. The number of rotatable bonds is 7. The zero-order valence-corrected chi connectivity index (χ0v) is 22.6. The number of Topliss-reactive ketones (excluding diaryl/α,β-unsaturated/α-hetero) is 1. The van der Waals surface area contributed by atoms with Crippen molar-refractivity contribution < 1.29 is 13.2 Å². The van der Waals surface area contributed by atoms with Gasteiger partial charge in [0.05, 0.1) is 10.9 Å². The second kappa shape index (κ2) is 10.4. The van der Waals surface area contributed by atoms with E-state index in [1.54, 1.807) is 36.4 Å². The average molecular weight is 574 g/mol.